The molecule has 0 aliphatic carbocycles. The van der Waals surface area contributed by atoms with Crippen LogP contribution in [-0.2, 0) is 9.53 Å². The van der Waals surface area contributed by atoms with Gasteiger partial charge in [-0.25, -0.2) is 4.98 Å². The smallest absolute Gasteiger partial charge is 0.254 e. The summed E-state index contributed by atoms with van der Waals surface area (Å²) >= 11 is 6.10. The Labute approximate surface area is 255 Å². The van der Waals surface area contributed by atoms with Crippen molar-refractivity contribution in [2.45, 2.75) is 18.9 Å². The van der Waals surface area contributed by atoms with Crippen LogP contribution in [0.4, 0.5) is 5.95 Å². The number of anilines is 1. The van der Waals surface area contributed by atoms with E-state index in [1.54, 1.807) is 74.4 Å². The number of hydrogen-bond acceptors (Lipinski definition) is 7. The third-order valence-electron chi connectivity index (χ3n) is 7.15. The molecular formula is C32H33ClN4O6. The van der Waals surface area contributed by atoms with E-state index < -0.39 is 5.91 Å². The molecule has 0 bridgehead atoms. The van der Waals surface area contributed by atoms with Crippen molar-refractivity contribution in [2.75, 3.05) is 46.3 Å². The molecule has 1 atom stereocenters. The van der Waals surface area contributed by atoms with Crippen LogP contribution in [0.15, 0.2) is 72.9 Å². The molecule has 4 aromatic rings. The van der Waals surface area contributed by atoms with Crippen molar-refractivity contribution in [3.05, 3.63) is 83.5 Å². The maximum atomic E-state index is 13.5. The summed E-state index contributed by atoms with van der Waals surface area (Å²) in [5.74, 6) is 1.31. The molecule has 3 aromatic carbocycles. The monoisotopic (exact) mass is 604 g/mol. The van der Waals surface area contributed by atoms with Gasteiger partial charge in [-0.2, -0.15) is 0 Å². The molecule has 0 saturated carbocycles. The number of ether oxygens (including phenoxy) is 4. The molecule has 10 nitrogen and oxygen atoms in total. The van der Waals surface area contributed by atoms with Crippen molar-refractivity contribution in [2.24, 2.45) is 0 Å². The topological polar surface area (TPSA) is 104 Å². The van der Waals surface area contributed by atoms with Gasteiger partial charge in [0, 0.05) is 41.6 Å². The molecule has 1 aromatic heterocycles. The Morgan fingerprint density at radius 1 is 1.00 bits per heavy atom. The Morgan fingerprint density at radius 2 is 1.74 bits per heavy atom. The Morgan fingerprint density at radius 3 is 2.40 bits per heavy atom. The first kappa shape index (κ1) is 29.9. The van der Waals surface area contributed by atoms with E-state index in [2.05, 4.69) is 5.32 Å². The fourth-order valence-corrected chi connectivity index (χ4v) is 5.03. The number of imidazole rings is 1. The van der Waals surface area contributed by atoms with Crippen molar-refractivity contribution < 1.29 is 28.5 Å². The molecule has 43 heavy (non-hydrogen) atoms. The van der Waals surface area contributed by atoms with Gasteiger partial charge in [0.05, 0.1) is 38.8 Å². The summed E-state index contributed by atoms with van der Waals surface area (Å²) in [5.41, 5.74) is 2.57. The summed E-state index contributed by atoms with van der Waals surface area (Å²) < 4.78 is 23.7. The first-order chi connectivity index (χ1) is 20.9. The number of aromatic nitrogens is 2. The number of carbonyl (C=O) groups excluding carboxylic acids is 2. The van der Waals surface area contributed by atoms with E-state index in [9.17, 15) is 9.59 Å². The minimum absolute atomic E-state index is 0.139. The number of halogens is 1. The minimum atomic E-state index is -0.408. The normalized spacial score (nSPS) is 14.3. The number of nitrogens with zero attached hydrogens (tertiary/aromatic N) is 3. The average molecular weight is 605 g/mol. The quantitative estimate of drug-likeness (QED) is 0.242. The fraction of sp³-hybridized carbons (Fsp3) is 0.281. The van der Waals surface area contributed by atoms with Gasteiger partial charge < -0.3 is 23.8 Å². The van der Waals surface area contributed by atoms with E-state index in [4.69, 9.17) is 35.5 Å². The van der Waals surface area contributed by atoms with Gasteiger partial charge in [-0.15, -0.1) is 0 Å². The molecule has 0 radical (unpaired) electrons. The predicted molar refractivity (Wildman–Crippen MR) is 164 cm³/mol. The predicted octanol–water partition coefficient (Wildman–Crippen LogP) is 5.48. The Hall–Kier alpha value is -4.54. The number of amides is 2. The van der Waals surface area contributed by atoms with Crippen LogP contribution in [0.2, 0.25) is 5.02 Å². The molecule has 1 fully saturated rings. The van der Waals surface area contributed by atoms with E-state index in [0.717, 1.165) is 18.4 Å². The number of rotatable bonds is 11. The van der Waals surface area contributed by atoms with Crippen molar-refractivity contribution in [1.29, 1.82) is 0 Å². The van der Waals surface area contributed by atoms with E-state index >= 15 is 0 Å². The molecule has 0 unspecified atom stereocenters. The van der Waals surface area contributed by atoms with E-state index in [1.807, 2.05) is 24.4 Å². The van der Waals surface area contributed by atoms with Gasteiger partial charge in [0.1, 0.15) is 12.3 Å². The van der Waals surface area contributed by atoms with Crippen LogP contribution in [0.3, 0.4) is 0 Å². The van der Waals surface area contributed by atoms with Crippen LogP contribution in [0.5, 0.6) is 17.2 Å². The van der Waals surface area contributed by atoms with Crippen LogP contribution < -0.4 is 19.5 Å². The summed E-state index contributed by atoms with van der Waals surface area (Å²) in [6, 6.07) is 19.5. The Balaban J connectivity index is 1.44. The summed E-state index contributed by atoms with van der Waals surface area (Å²) in [5, 5.41) is 3.52. The van der Waals surface area contributed by atoms with Crippen molar-refractivity contribution in [3.8, 4) is 34.2 Å². The first-order valence-electron chi connectivity index (χ1n) is 13.8. The summed E-state index contributed by atoms with van der Waals surface area (Å²) in [6.45, 7) is 0.732. The second-order valence-corrected chi connectivity index (χ2v) is 10.4. The molecule has 11 heteroatoms. The standard InChI is InChI=1S/C32H33ClN4O6/c1-40-25-13-8-22(9-14-25)31(39)36(18-26-5-4-16-43-26)20-30(38)35-32-34-27(21-6-10-23(33)11-7-21)19-37(32)24-12-15-28(41-2)29(17-24)42-3/h6-15,17,19,26H,4-5,16,18,20H2,1-3H3,(H,34,35,38)/t26-/m0/s1. The summed E-state index contributed by atoms with van der Waals surface area (Å²) in [6.07, 6.45) is 3.41. The van der Waals surface area contributed by atoms with Gasteiger partial charge in [-0.05, 0) is 61.4 Å². The largest absolute Gasteiger partial charge is 0.497 e. The van der Waals surface area contributed by atoms with Crippen molar-refractivity contribution in [1.82, 2.24) is 14.5 Å². The summed E-state index contributed by atoms with van der Waals surface area (Å²) in [7, 11) is 4.68. The highest BCUT2D eigenvalue weighted by Crippen LogP contribution is 2.32. The van der Waals surface area contributed by atoms with Gasteiger partial charge in [-0.3, -0.25) is 19.5 Å². The number of carbonyl (C=O) groups is 2. The van der Waals surface area contributed by atoms with Crippen LogP contribution in [0, 0.1) is 0 Å². The highest BCUT2D eigenvalue weighted by molar-refractivity contribution is 6.30. The van der Waals surface area contributed by atoms with Crippen LogP contribution >= 0.6 is 11.6 Å². The molecular weight excluding hydrogens is 572 g/mol. The molecule has 1 N–H and O–H groups in total. The number of hydrogen-bond donors (Lipinski definition) is 1. The SMILES string of the molecule is COc1ccc(C(=O)N(CC(=O)Nc2nc(-c3ccc(Cl)cc3)cn2-c2ccc(OC)c(OC)c2)C[C@@H]2CCCO2)cc1. The van der Waals surface area contributed by atoms with Crippen LogP contribution in [0.1, 0.15) is 23.2 Å². The molecule has 1 aliphatic rings. The van der Waals surface area contributed by atoms with Crippen molar-refractivity contribution in [3.63, 3.8) is 0 Å². The van der Waals surface area contributed by atoms with Gasteiger partial charge >= 0.3 is 0 Å². The second kappa shape index (κ2) is 13.6. The van der Waals surface area contributed by atoms with Crippen LogP contribution in [-0.4, -0.2) is 73.4 Å². The minimum Gasteiger partial charge on any atom is -0.497 e. The second-order valence-electron chi connectivity index (χ2n) is 9.96. The van der Waals surface area contributed by atoms with Gasteiger partial charge in [0.15, 0.2) is 11.5 Å². The number of nitrogens with one attached hydrogen (secondary N) is 1. The molecule has 224 valence electrons. The van der Waals surface area contributed by atoms with Gasteiger partial charge in [0.25, 0.3) is 5.91 Å². The lowest BCUT2D eigenvalue weighted by Gasteiger charge is -2.25. The lowest BCUT2D eigenvalue weighted by Crippen LogP contribution is -2.42. The van der Waals surface area contributed by atoms with E-state index in [0.29, 0.717) is 52.4 Å². The highest BCUT2D eigenvalue weighted by atomic mass is 35.5. The maximum absolute atomic E-state index is 13.5. The van der Waals surface area contributed by atoms with Crippen LogP contribution in [0.25, 0.3) is 16.9 Å². The molecule has 1 saturated heterocycles. The fourth-order valence-electron chi connectivity index (χ4n) is 4.91. The highest BCUT2D eigenvalue weighted by Gasteiger charge is 2.26. The maximum Gasteiger partial charge on any atom is 0.254 e. The summed E-state index contributed by atoms with van der Waals surface area (Å²) in [4.78, 5) is 33.3. The van der Waals surface area contributed by atoms with Gasteiger partial charge in [0.2, 0.25) is 11.9 Å². The van der Waals surface area contributed by atoms with Crippen molar-refractivity contribution >= 4 is 29.4 Å². The molecule has 0 spiro atoms. The third-order valence-corrected chi connectivity index (χ3v) is 7.40. The molecule has 2 heterocycles. The molecule has 2 amide bonds. The van der Waals surface area contributed by atoms with Gasteiger partial charge in [-0.1, -0.05) is 23.7 Å². The lowest BCUT2D eigenvalue weighted by atomic mass is 10.1. The number of benzene rings is 3. The molecule has 5 rings (SSSR count). The number of methoxy groups -OCH3 is 3. The zero-order valence-corrected chi connectivity index (χ0v) is 25.0. The Kier molecular flexibility index (Phi) is 9.48. The average Bonchev–Trinajstić information content (AvgIpc) is 3.70. The van der Waals surface area contributed by atoms with E-state index in [-0.39, 0.29) is 24.5 Å². The Bertz CT molecular complexity index is 1570. The van der Waals surface area contributed by atoms with E-state index in [1.165, 1.54) is 4.90 Å². The molecule has 1 aliphatic heterocycles. The zero-order valence-electron chi connectivity index (χ0n) is 24.2. The zero-order chi connectivity index (χ0) is 30.3. The third kappa shape index (κ3) is 7.10. The first-order valence-corrected chi connectivity index (χ1v) is 14.2. The lowest BCUT2D eigenvalue weighted by molar-refractivity contribution is -0.117.